The molecule has 0 aromatic carbocycles. The standard InChI is InChI=1S/C8H16O7/c9-1-2-14-8-7(13)6(12)5(11)4(3-10)15-8/h4-13H,1-3H2/t4-,5-,6+,7-,8-/m1/s1. The van der Waals surface area contributed by atoms with Gasteiger partial charge in [-0.3, -0.25) is 0 Å². The lowest BCUT2D eigenvalue weighted by Gasteiger charge is -2.39. The number of ether oxygens (including phenoxy) is 2. The summed E-state index contributed by atoms with van der Waals surface area (Å²) in [7, 11) is 0. The van der Waals surface area contributed by atoms with Crippen LogP contribution in [0, 0.1) is 0 Å². The molecule has 0 aromatic rings. The van der Waals surface area contributed by atoms with Crippen LogP contribution in [0.25, 0.3) is 0 Å². The van der Waals surface area contributed by atoms with Crippen molar-refractivity contribution < 1.29 is 35.0 Å². The van der Waals surface area contributed by atoms with Crippen LogP contribution in [0.4, 0.5) is 0 Å². The van der Waals surface area contributed by atoms with Crippen molar-refractivity contribution in [2.24, 2.45) is 0 Å². The van der Waals surface area contributed by atoms with Gasteiger partial charge in [0.05, 0.1) is 19.8 Å². The van der Waals surface area contributed by atoms with Gasteiger partial charge in [-0.1, -0.05) is 0 Å². The lowest BCUT2D eigenvalue weighted by atomic mass is 9.99. The van der Waals surface area contributed by atoms with E-state index in [2.05, 4.69) is 0 Å². The highest BCUT2D eigenvalue weighted by Crippen LogP contribution is 2.21. The van der Waals surface area contributed by atoms with Crippen molar-refractivity contribution in [1.82, 2.24) is 0 Å². The molecular weight excluding hydrogens is 208 g/mol. The first-order valence-electron chi connectivity index (χ1n) is 4.64. The fourth-order valence-electron chi connectivity index (χ4n) is 1.37. The van der Waals surface area contributed by atoms with Crippen molar-refractivity contribution in [3.05, 3.63) is 0 Å². The van der Waals surface area contributed by atoms with Gasteiger partial charge < -0.3 is 35.0 Å². The van der Waals surface area contributed by atoms with Gasteiger partial charge in [0.25, 0.3) is 0 Å². The van der Waals surface area contributed by atoms with Gasteiger partial charge in [-0.25, -0.2) is 0 Å². The number of aliphatic hydroxyl groups excluding tert-OH is 5. The van der Waals surface area contributed by atoms with Gasteiger partial charge in [-0.2, -0.15) is 0 Å². The molecule has 1 rings (SSSR count). The van der Waals surface area contributed by atoms with E-state index in [1.165, 1.54) is 0 Å². The highest BCUT2D eigenvalue weighted by molar-refractivity contribution is 4.88. The average Bonchev–Trinajstić information content (AvgIpc) is 2.25. The van der Waals surface area contributed by atoms with Crippen molar-refractivity contribution in [1.29, 1.82) is 0 Å². The van der Waals surface area contributed by atoms with E-state index in [9.17, 15) is 15.3 Å². The summed E-state index contributed by atoms with van der Waals surface area (Å²) in [5, 5.41) is 45.5. The second kappa shape index (κ2) is 5.71. The summed E-state index contributed by atoms with van der Waals surface area (Å²) in [5.41, 5.74) is 0. The third-order valence-electron chi connectivity index (χ3n) is 2.22. The molecule has 0 aromatic heterocycles. The Balaban J connectivity index is 2.57. The van der Waals surface area contributed by atoms with E-state index in [1.807, 2.05) is 0 Å². The van der Waals surface area contributed by atoms with E-state index < -0.39 is 37.3 Å². The monoisotopic (exact) mass is 224 g/mol. The predicted octanol–water partition coefficient (Wildman–Crippen LogP) is -3.20. The maximum absolute atomic E-state index is 9.42. The third-order valence-corrected chi connectivity index (χ3v) is 2.22. The molecule has 7 heteroatoms. The largest absolute Gasteiger partial charge is 0.394 e. The maximum Gasteiger partial charge on any atom is 0.186 e. The minimum absolute atomic E-state index is 0.0668. The van der Waals surface area contributed by atoms with Gasteiger partial charge in [0, 0.05) is 0 Å². The summed E-state index contributed by atoms with van der Waals surface area (Å²) in [6.07, 6.45) is -6.38. The molecule has 90 valence electrons. The Kier molecular flexibility index (Phi) is 4.87. The smallest absolute Gasteiger partial charge is 0.186 e. The number of hydrogen-bond acceptors (Lipinski definition) is 7. The van der Waals surface area contributed by atoms with Crippen LogP contribution in [0.15, 0.2) is 0 Å². The van der Waals surface area contributed by atoms with Crippen LogP contribution in [0.2, 0.25) is 0 Å². The Hall–Kier alpha value is -0.280. The maximum atomic E-state index is 9.42. The van der Waals surface area contributed by atoms with E-state index in [4.69, 9.17) is 19.7 Å². The summed E-state index contributed by atoms with van der Waals surface area (Å²) in [5.74, 6) is 0. The first-order chi connectivity index (χ1) is 7.11. The molecule has 0 bridgehead atoms. The summed E-state index contributed by atoms with van der Waals surface area (Å²) in [6.45, 7) is -0.818. The van der Waals surface area contributed by atoms with Crippen LogP contribution in [0.3, 0.4) is 0 Å². The molecule has 5 atom stereocenters. The number of rotatable bonds is 4. The average molecular weight is 224 g/mol. The lowest BCUT2D eigenvalue weighted by Crippen LogP contribution is -2.59. The van der Waals surface area contributed by atoms with Crippen molar-refractivity contribution in [3.8, 4) is 0 Å². The molecule has 1 aliphatic heterocycles. The Morgan fingerprint density at radius 3 is 2.20 bits per heavy atom. The lowest BCUT2D eigenvalue weighted by molar-refractivity contribution is -0.302. The molecular formula is C8H16O7. The zero-order valence-electron chi connectivity index (χ0n) is 8.06. The molecule has 1 saturated heterocycles. The van der Waals surface area contributed by atoms with E-state index in [-0.39, 0.29) is 13.2 Å². The Bertz CT molecular complexity index is 186. The van der Waals surface area contributed by atoms with Crippen LogP contribution >= 0.6 is 0 Å². The van der Waals surface area contributed by atoms with Crippen LogP contribution in [0.5, 0.6) is 0 Å². The van der Waals surface area contributed by atoms with Gasteiger partial charge in [0.15, 0.2) is 6.29 Å². The van der Waals surface area contributed by atoms with Crippen molar-refractivity contribution in [2.45, 2.75) is 30.7 Å². The molecule has 0 radical (unpaired) electrons. The quantitative estimate of drug-likeness (QED) is 0.341. The van der Waals surface area contributed by atoms with Crippen LogP contribution < -0.4 is 0 Å². The molecule has 0 spiro atoms. The van der Waals surface area contributed by atoms with Gasteiger partial charge in [-0.15, -0.1) is 0 Å². The molecule has 1 aliphatic rings. The first-order valence-corrected chi connectivity index (χ1v) is 4.64. The first kappa shape index (κ1) is 12.8. The van der Waals surface area contributed by atoms with E-state index in [0.717, 1.165) is 0 Å². The van der Waals surface area contributed by atoms with Gasteiger partial charge in [0.2, 0.25) is 0 Å². The normalized spacial score (nSPS) is 41.8. The molecule has 0 unspecified atom stereocenters. The molecule has 0 amide bonds. The minimum atomic E-state index is -1.44. The van der Waals surface area contributed by atoms with Crippen LogP contribution in [-0.4, -0.2) is 76.1 Å². The summed E-state index contributed by atoms with van der Waals surface area (Å²) < 4.78 is 9.88. The summed E-state index contributed by atoms with van der Waals surface area (Å²) >= 11 is 0. The fourth-order valence-corrected chi connectivity index (χ4v) is 1.37. The zero-order chi connectivity index (χ0) is 11.4. The van der Waals surface area contributed by atoms with Crippen molar-refractivity contribution in [3.63, 3.8) is 0 Å². The van der Waals surface area contributed by atoms with Gasteiger partial charge in [-0.05, 0) is 0 Å². The van der Waals surface area contributed by atoms with Crippen LogP contribution in [-0.2, 0) is 9.47 Å². The third kappa shape index (κ3) is 2.85. The topological polar surface area (TPSA) is 120 Å². The molecule has 0 aliphatic carbocycles. The Morgan fingerprint density at radius 1 is 1.00 bits per heavy atom. The Morgan fingerprint density at radius 2 is 1.67 bits per heavy atom. The highest BCUT2D eigenvalue weighted by atomic mass is 16.7. The van der Waals surface area contributed by atoms with Crippen LogP contribution in [0.1, 0.15) is 0 Å². The second-order valence-corrected chi connectivity index (χ2v) is 3.29. The summed E-state index contributed by atoms with van der Waals surface area (Å²) in [4.78, 5) is 0. The molecule has 15 heavy (non-hydrogen) atoms. The molecule has 1 fully saturated rings. The highest BCUT2D eigenvalue weighted by Gasteiger charge is 2.43. The van der Waals surface area contributed by atoms with Crippen molar-refractivity contribution >= 4 is 0 Å². The molecule has 7 nitrogen and oxygen atoms in total. The second-order valence-electron chi connectivity index (χ2n) is 3.29. The molecule has 5 N–H and O–H groups in total. The van der Waals surface area contributed by atoms with Gasteiger partial charge in [0.1, 0.15) is 24.4 Å². The minimum Gasteiger partial charge on any atom is -0.394 e. The zero-order valence-corrected chi connectivity index (χ0v) is 8.06. The van der Waals surface area contributed by atoms with E-state index >= 15 is 0 Å². The van der Waals surface area contributed by atoms with E-state index in [0.29, 0.717) is 0 Å². The van der Waals surface area contributed by atoms with E-state index in [1.54, 1.807) is 0 Å². The predicted molar refractivity (Wildman–Crippen MR) is 46.8 cm³/mol. The molecule has 1 heterocycles. The summed E-state index contributed by atoms with van der Waals surface area (Å²) in [6, 6.07) is 0. The number of hydrogen-bond donors (Lipinski definition) is 5. The molecule has 0 saturated carbocycles. The number of aliphatic hydroxyl groups is 5. The van der Waals surface area contributed by atoms with Crippen molar-refractivity contribution in [2.75, 3.05) is 19.8 Å². The SMILES string of the molecule is OCCO[C@@H]1O[C@H](CO)[C@@H](O)[C@H](O)[C@H]1O. The Labute approximate surface area is 86.5 Å². The van der Waals surface area contributed by atoms with Gasteiger partial charge >= 0.3 is 0 Å². The fraction of sp³-hybridized carbons (Fsp3) is 1.00.